The fourth-order valence-electron chi connectivity index (χ4n) is 2.21. The largest absolute Gasteiger partial charge is 0.306 e. The molecule has 1 unspecified atom stereocenters. The minimum Gasteiger partial charge on any atom is -0.306 e. The summed E-state index contributed by atoms with van der Waals surface area (Å²) in [6.07, 6.45) is 3.68. The van der Waals surface area contributed by atoms with E-state index in [0.717, 1.165) is 6.54 Å². The molecule has 2 rings (SSSR count). The van der Waals surface area contributed by atoms with E-state index in [9.17, 15) is 0 Å². The highest BCUT2D eigenvalue weighted by Gasteiger charge is 2.04. The Bertz CT molecular complexity index is 486. The Morgan fingerprint density at radius 3 is 2.28 bits per heavy atom. The molecule has 0 spiro atoms. The molecule has 1 heterocycles. The number of aromatic nitrogens is 1. The summed E-state index contributed by atoms with van der Waals surface area (Å²) in [6, 6.07) is 11.1. The maximum absolute atomic E-state index is 4.04. The van der Waals surface area contributed by atoms with Gasteiger partial charge in [-0.3, -0.25) is 4.98 Å². The van der Waals surface area contributed by atoms with Crippen molar-refractivity contribution >= 4 is 0 Å². The van der Waals surface area contributed by atoms with Crippen molar-refractivity contribution in [1.82, 2.24) is 10.3 Å². The Morgan fingerprint density at radius 1 is 1.06 bits per heavy atom. The third kappa shape index (κ3) is 3.41. The number of hydrogen-bond acceptors (Lipinski definition) is 2. The van der Waals surface area contributed by atoms with Crippen LogP contribution in [0.2, 0.25) is 0 Å². The standard InChI is InChI=1S/C16H20N2/c1-12-8-13(2)10-15(9-12)11-18-14(3)16-4-6-17-7-5-16/h4-10,14,18H,11H2,1-3H3. The number of aryl methyl sites for hydroxylation is 2. The molecule has 0 aliphatic heterocycles. The van der Waals surface area contributed by atoms with Gasteiger partial charge in [-0.1, -0.05) is 29.3 Å². The van der Waals surface area contributed by atoms with E-state index < -0.39 is 0 Å². The summed E-state index contributed by atoms with van der Waals surface area (Å²) in [5.74, 6) is 0. The van der Waals surface area contributed by atoms with E-state index in [4.69, 9.17) is 0 Å². The van der Waals surface area contributed by atoms with Crippen molar-refractivity contribution in [1.29, 1.82) is 0 Å². The van der Waals surface area contributed by atoms with Gasteiger partial charge in [0.15, 0.2) is 0 Å². The number of benzene rings is 1. The van der Waals surface area contributed by atoms with Crippen LogP contribution in [0.5, 0.6) is 0 Å². The molecule has 1 aromatic heterocycles. The molecule has 0 saturated heterocycles. The second-order valence-corrected chi connectivity index (χ2v) is 4.88. The third-order valence-corrected chi connectivity index (χ3v) is 3.10. The minimum atomic E-state index is 0.341. The number of hydrogen-bond donors (Lipinski definition) is 1. The van der Waals surface area contributed by atoms with Gasteiger partial charge >= 0.3 is 0 Å². The van der Waals surface area contributed by atoms with Gasteiger partial charge in [-0.2, -0.15) is 0 Å². The molecule has 0 aliphatic rings. The van der Waals surface area contributed by atoms with Gasteiger partial charge in [-0.15, -0.1) is 0 Å². The van der Waals surface area contributed by atoms with Crippen LogP contribution in [0.4, 0.5) is 0 Å². The topological polar surface area (TPSA) is 24.9 Å². The van der Waals surface area contributed by atoms with Crippen LogP contribution in [0.1, 0.15) is 35.2 Å². The predicted molar refractivity (Wildman–Crippen MR) is 75.4 cm³/mol. The van der Waals surface area contributed by atoms with Crippen LogP contribution in [0, 0.1) is 13.8 Å². The van der Waals surface area contributed by atoms with Crippen molar-refractivity contribution in [2.24, 2.45) is 0 Å². The highest BCUT2D eigenvalue weighted by Crippen LogP contribution is 2.13. The van der Waals surface area contributed by atoms with Crippen molar-refractivity contribution in [3.8, 4) is 0 Å². The lowest BCUT2D eigenvalue weighted by atomic mass is 10.1. The zero-order chi connectivity index (χ0) is 13.0. The minimum absolute atomic E-state index is 0.341. The van der Waals surface area contributed by atoms with Gasteiger partial charge in [-0.05, 0) is 44.0 Å². The first-order valence-corrected chi connectivity index (χ1v) is 6.35. The lowest BCUT2D eigenvalue weighted by molar-refractivity contribution is 0.574. The molecule has 2 nitrogen and oxygen atoms in total. The Hall–Kier alpha value is -1.67. The molecule has 0 radical (unpaired) electrons. The van der Waals surface area contributed by atoms with Gasteiger partial charge in [-0.25, -0.2) is 0 Å². The van der Waals surface area contributed by atoms with E-state index in [2.05, 4.69) is 61.4 Å². The molecule has 1 N–H and O–H groups in total. The lowest BCUT2D eigenvalue weighted by Gasteiger charge is -2.14. The first-order valence-electron chi connectivity index (χ1n) is 6.35. The molecule has 94 valence electrons. The highest BCUT2D eigenvalue weighted by molar-refractivity contribution is 5.28. The van der Waals surface area contributed by atoms with Gasteiger partial charge in [0.2, 0.25) is 0 Å². The Labute approximate surface area is 109 Å². The van der Waals surface area contributed by atoms with Gasteiger partial charge < -0.3 is 5.32 Å². The zero-order valence-electron chi connectivity index (χ0n) is 11.3. The summed E-state index contributed by atoms with van der Waals surface area (Å²) < 4.78 is 0. The van der Waals surface area contributed by atoms with E-state index in [1.807, 2.05) is 12.4 Å². The van der Waals surface area contributed by atoms with Gasteiger partial charge in [0, 0.05) is 25.0 Å². The number of nitrogens with zero attached hydrogens (tertiary/aromatic N) is 1. The summed E-state index contributed by atoms with van der Waals surface area (Å²) in [5.41, 5.74) is 5.26. The lowest BCUT2D eigenvalue weighted by Crippen LogP contribution is -2.18. The van der Waals surface area contributed by atoms with Gasteiger partial charge in [0.25, 0.3) is 0 Å². The molecule has 2 aromatic rings. The van der Waals surface area contributed by atoms with Crippen molar-refractivity contribution < 1.29 is 0 Å². The molecule has 0 saturated carbocycles. The van der Waals surface area contributed by atoms with Crippen molar-refractivity contribution in [2.45, 2.75) is 33.4 Å². The van der Waals surface area contributed by atoms with E-state index in [0.29, 0.717) is 6.04 Å². The van der Waals surface area contributed by atoms with Crippen LogP contribution in [0.25, 0.3) is 0 Å². The maximum Gasteiger partial charge on any atom is 0.0296 e. The van der Waals surface area contributed by atoms with E-state index in [1.54, 1.807) is 0 Å². The normalized spacial score (nSPS) is 12.4. The van der Waals surface area contributed by atoms with Crippen LogP contribution in [-0.4, -0.2) is 4.98 Å². The van der Waals surface area contributed by atoms with Gasteiger partial charge in [0.1, 0.15) is 0 Å². The maximum atomic E-state index is 4.04. The second-order valence-electron chi connectivity index (χ2n) is 4.88. The molecule has 2 heteroatoms. The Balaban J connectivity index is 1.99. The Kier molecular flexibility index (Phi) is 4.11. The van der Waals surface area contributed by atoms with Crippen LogP contribution >= 0.6 is 0 Å². The summed E-state index contributed by atoms with van der Waals surface area (Å²) >= 11 is 0. The summed E-state index contributed by atoms with van der Waals surface area (Å²) in [7, 11) is 0. The van der Waals surface area contributed by atoms with E-state index >= 15 is 0 Å². The average Bonchev–Trinajstić information content (AvgIpc) is 2.36. The molecule has 0 aliphatic carbocycles. The van der Waals surface area contributed by atoms with Crippen LogP contribution in [0.15, 0.2) is 42.7 Å². The average molecular weight is 240 g/mol. The van der Waals surface area contributed by atoms with E-state index in [-0.39, 0.29) is 0 Å². The summed E-state index contributed by atoms with van der Waals surface area (Å²) in [6.45, 7) is 7.36. The molecular formula is C16H20N2. The van der Waals surface area contributed by atoms with Crippen LogP contribution in [0.3, 0.4) is 0 Å². The predicted octanol–water partition coefficient (Wildman–Crippen LogP) is 3.55. The van der Waals surface area contributed by atoms with Crippen molar-refractivity contribution in [2.75, 3.05) is 0 Å². The molecule has 0 fully saturated rings. The highest BCUT2D eigenvalue weighted by atomic mass is 14.9. The fourth-order valence-corrected chi connectivity index (χ4v) is 2.21. The Morgan fingerprint density at radius 2 is 1.67 bits per heavy atom. The molecular weight excluding hydrogens is 220 g/mol. The SMILES string of the molecule is Cc1cc(C)cc(CNC(C)c2ccncc2)c1. The van der Waals surface area contributed by atoms with E-state index in [1.165, 1.54) is 22.3 Å². The van der Waals surface area contributed by atoms with Crippen LogP contribution < -0.4 is 5.32 Å². The monoisotopic (exact) mass is 240 g/mol. The number of rotatable bonds is 4. The molecule has 0 bridgehead atoms. The number of pyridine rings is 1. The molecule has 1 aromatic carbocycles. The summed E-state index contributed by atoms with van der Waals surface area (Å²) in [4.78, 5) is 4.04. The second kappa shape index (κ2) is 5.78. The molecule has 0 amide bonds. The van der Waals surface area contributed by atoms with Gasteiger partial charge in [0.05, 0.1) is 0 Å². The quantitative estimate of drug-likeness (QED) is 0.884. The molecule has 18 heavy (non-hydrogen) atoms. The van der Waals surface area contributed by atoms with Crippen molar-refractivity contribution in [3.63, 3.8) is 0 Å². The third-order valence-electron chi connectivity index (χ3n) is 3.10. The smallest absolute Gasteiger partial charge is 0.0296 e. The zero-order valence-corrected chi connectivity index (χ0v) is 11.3. The number of nitrogens with one attached hydrogen (secondary N) is 1. The fraction of sp³-hybridized carbons (Fsp3) is 0.312. The van der Waals surface area contributed by atoms with Crippen LogP contribution in [-0.2, 0) is 6.54 Å². The molecule has 1 atom stereocenters. The first kappa shape index (κ1) is 12.8. The van der Waals surface area contributed by atoms with Crippen molar-refractivity contribution in [3.05, 3.63) is 65.0 Å². The first-order chi connectivity index (χ1) is 8.65. The summed E-state index contributed by atoms with van der Waals surface area (Å²) in [5, 5.41) is 3.54.